The molecule has 0 aliphatic heterocycles. The van der Waals surface area contributed by atoms with Crippen molar-refractivity contribution in [2.75, 3.05) is 0 Å². The molecule has 3 atom stereocenters. The van der Waals surface area contributed by atoms with Crippen LogP contribution in [0.2, 0.25) is 0 Å². The van der Waals surface area contributed by atoms with Crippen LogP contribution in [0.4, 0.5) is 0 Å². The predicted octanol–water partition coefficient (Wildman–Crippen LogP) is 3.92. The Kier molecular flexibility index (Phi) is 5.36. The lowest BCUT2D eigenvalue weighted by Crippen LogP contribution is -2.24. The third kappa shape index (κ3) is 3.53. The van der Waals surface area contributed by atoms with E-state index in [4.69, 9.17) is 5.73 Å². The third-order valence-electron chi connectivity index (χ3n) is 2.93. The molecule has 0 saturated carbocycles. The van der Waals surface area contributed by atoms with E-state index in [1.807, 2.05) is 11.8 Å². The van der Waals surface area contributed by atoms with Crippen molar-refractivity contribution in [2.24, 2.45) is 5.73 Å². The molecule has 0 heterocycles. The summed E-state index contributed by atoms with van der Waals surface area (Å²) in [6.07, 6.45) is 1.19. The van der Waals surface area contributed by atoms with Crippen molar-refractivity contribution < 1.29 is 0 Å². The van der Waals surface area contributed by atoms with Crippen LogP contribution in [0, 0.1) is 6.92 Å². The molecule has 0 aliphatic carbocycles. The summed E-state index contributed by atoms with van der Waals surface area (Å²) in [5.74, 6) is 0. The molecule has 0 saturated heterocycles. The van der Waals surface area contributed by atoms with Crippen molar-refractivity contribution in [3.8, 4) is 0 Å². The number of hydrogen-bond donors (Lipinski definition) is 1. The van der Waals surface area contributed by atoms with E-state index in [1.165, 1.54) is 17.5 Å². The van der Waals surface area contributed by atoms with Gasteiger partial charge in [-0.15, -0.1) is 11.8 Å². The van der Waals surface area contributed by atoms with E-state index in [0.717, 1.165) is 0 Å². The van der Waals surface area contributed by atoms with Gasteiger partial charge in [-0.1, -0.05) is 38.1 Å². The number of hydrogen-bond acceptors (Lipinski definition) is 2. The second kappa shape index (κ2) is 6.31. The van der Waals surface area contributed by atoms with Crippen LogP contribution < -0.4 is 5.73 Å². The Morgan fingerprint density at radius 2 is 1.88 bits per heavy atom. The van der Waals surface area contributed by atoms with Gasteiger partial charge in [-0.05, 0) is 31.4 Å². The normalized spacial score (nSPS) is 16.8. The molecule has 2 N–H and O–H groups in total. The zero-order valence-electron chi connectivity index (χ0n) is 10.7. The first-order valence-electron chi connectivity index (χ1n) is 6.02. The van der Waals surface area contributed by atoms with Crippen LogP contribution in [0.3, 0.4) is 0 Å². The van der Waals surface area contributed by atoms with Crippen molar-refractivity contribution in [1.82, 2.24) is 0 Å². The van der Waals surface area contributed by atoms with Crippen molar-refractivity contribution in [3.63, 3.8) is 0 Å². The van der Waals surface area contributed by atoms with Crippen LogP contribution in [0.25, 0.3) is 0 Å². The Balaban J connectivity index is 2.90. The smallest absolute Gasteiger partial charge is 0.0450 e. The van der Waals surface area contributed by atoms with Gasteiger partial charge >= 0.3 is 0 Å². The van der Waals surface area contributed by atoms with Gasteiger partial charge in [-0.2, -0.15) is 0 Å². The predicted molar refractivity (Wildman–Crippen MR) is 74.9 cm³/mol. The molecule has 90 valence electrons. The Morgan fingerprint density at radius 1 is 1.25 bits per heavy atom. The molecule has 0 fully saturated rings. The zero-order chi connectivity index (χ0) is 12.1. The molecule has 2 heteroatoms. The Hall–Kier alpha value is -0.470. The van der Waals surface area contributed by atoms with E-state index in [2.05, 4.69) is 52.0 Å². The zero-order valence-corrected chi connectivity index (χ0v) is 11.6. The largest absolute Gasteiger partial charge is 0.327 e. The van der Waals surface area contributed by atoms with Crippen molar-refractivity contribution in [2.45, 2.75) is 50.7 Å². The second-order valence-electron chi connectivity index (χ2n) is 4.49. The number of aryl methyl sites for hydroxylation is 1. The van der Waals surface area contributed by atoms with Gasteiger partial charge in [-0.3, -0.25) is 0 Å². The molecule has 0 aliphatic rings. The molecular formula is C14H23NS. The van der Waals surface area contributed by atoms with Crippen LogP contribution in [0.15, 0.2) is 24.3 Å². The first-order valence-corrected chi connectivity index (χ1v) is 6.97. The van der Waals surface area contributed by atoms with Crippen LogP contribution >= 0.6 is 11.8 Å². The van der Waals surface area contributed by atoms with Crippen LogP contribution in [0.5, 0.6) is 0 Å². The van der Waals surface area contributed by atoms with Gasteiger partial charge < -0.3 is 5.73 Å². The van der Waals surface area contributed by atoms with E-state index < -0.39 is 0 Å². The molecular weight excluding hydrogens is 214 g/mol. The van der Waals surface area contributed by atoms with Gasteiger partial charge in [0.25, 0.3) is 0 Å². The van der Waals surface area contributed by atoms with Gasteiger partial charge in [0.2, 0.25) is 0 Å². The lowest BCUT2D eigenvalue weighted by molar-refractivity contribution is 0.712. The highest BCUT2D eigenvalue weighted by Gasteiger charge is 2.20. The molecule has 3 unspecified atom stereocenters. The molecule has 1 aromatic carbocycles. The number of thioether (sulfide) groups is 1. The van der Waals surface area contributed by atoms with Crippen LogP contribution in [0.1, 0.15) is 43.6 Å². The van der Waals surface area contributed by atoms with E-state index in [9.17, 15) is 0 Å². The van der Waals surface area contributed by atoms with Crippen molar-refractivity contribution in [1.29, 1.82) is 0 Å². The van der Waals surface area contributed by atoms with Crippen molar-refractivity contribution in [3.05, 3.63) is 35.4 Å². The fourth-order valence-electron chi connectivity index (χ4n) is 1.73. The molecule has 1 nitrogen and oxygen atoms in total. The van der Waals surface area contributed by atoms with E-state index >= 15 is 0 Å². The number of rotatable bonds is 5. The minimum absolute atomic E-state index is 0.195. The number of benzene rings is 1. The average Bonchev–Trinajstić information content (AvgIpc) is 2.26. The lowest BCUT2D eigenvalue weighted by atomic mass is 10.0. The van der Waals surface area contributed by atoms with Crippen LogP contribution in [-0.2, 0) is 0 Å². The topological polar surface area (TPSA) is 26.0 Å². The summed E-state index contributed by atoms with van der Waals surface area (Å²) < 4.78 is 0. The summed E-state index contributed by atoms with van der Waals surface area (Å²) in [5, 5.41) is 1.08. The maximum Gasteiger partial charge on any atom is 0.0450 e. The minimum atomic E-state index is 0.195. The van der Waals surface area contributed by atoms with E-state index in [1.54, 1.807) is 0 Å². The highest BCUT2D eigenvalue weighted by atomic mass is 32.2. The van der Waals surface area contributed by atoms with E-state index in [0.29, 0.717) is 10.5 Å². The minimum Gasteiger partial charge on any atom is -0.327 e. The van der Waals surface area contributed by atoms with Gasteiger partial charge in [0.15, 0.2) is 0 Å². The summed E-state index contributed by atoms with van der Waals surface area (Å²) in [4.78, 5) is 0. The monoisotopic (exact) mass is 237 g/mol. The van der Waals surface area contributed by atoms with Gasteiger partial charge in [0.1, 0.15) is 0 Å². The average molecular weight is 237 g/mol. The molecule has 0 spiro atoms. The molecule has 1 aromatic rings. The summed E-state index contributed by atoms with van der Waals surface area (Å²) in [5.41, 5.74) is 8.86. The second-order valence-corrected chi connectivity index (χ2v) is 6.08. The SMILES string of the molecule is CCC(C)SC(c1ccccc1C)C(C)N. The maximum absolute atomic E-state index is 6.12. The van der Waals surface area contributed by atoms with Crippen LogP contribution in [-0.4, -0.2) is 11.3 Å². The molecule has 0 amide bonds. The van der Waals surface area contributed by atoms with Gasteiger partial charge in [0, 0.05) is 16.5 Å². The highest BCUT2D eigenvalue weighted by Crippen LogP contribution is 2.36. The maximum atomic E-state index is 6.12. The Labute approximate surface area is 104 Å². The first kappa shape index (κ1) is 13.6. The molecule has 16 heavy (non-hydrogen) atoms. The fraction of sp³-hybridized carbons (Fsp3) is 0.571. The summed E-state index contributed by atoms with van der Waals surface area (Å²) >= 11 is 2.00. The van der Waals surface area contributed by atoms with Gasteiger partial charge in [0.05, 0.1) is 0 Å². The Morgan fingerprint density at radius 3 is 2.38 bits per heavy atom. The lowest BCUT2D eigenvalue weighted by Gasteiger charge is -2.25. The Bertz CT molecular complexity index is 322. The summed E-state index contributed by atoms with van der Waals surface area (Å²) in [7, 11) is 0. The molecule has 0 bridgehead atoms. The molecule has 0 radical (unpaired) electrons. The standard InChI is InChI=1S/C14H23NS/c1-5-11(3)16-14(12(4)15)13-9-7-6-8-10(13)2/h6-9,11-12,14H,5,15H2,1-4H3. The van der Waals surface area contributed by atoms with Crippen molar-refractivity contribution >= 4 is 11.8 Å². The fourth-order valence-corrected chi connectivity index (χ4v) is 3.08. The van der Waals surface area contributed by atoms with E-state index in [-0.39, 0.29) is 6.04 Å². The molecule has 0 aromatic heterocycles. The number of nitrogens with two attached hydrogens (primary N) is 1. The summed E-state index contributed by atoms with van der Waals surface area (Å²) in [6, 6.07) is 8.76. The first-order chi connectivity index (χ1) is 7.56. The highest BCUT2D eigenvalue weighted by molar-refractivity contribution is 8.00. The van der Waals surface area contributed by atoms with Gasteiger partial charge in [-0.25, -0.2) is 0 Å². The molecule has 1 rings (SSSR count). The quantitative estimate of drug-likeness (QED) is 0.840. The third-order valence-corrected chi connectivity index (χ3v) is 4.70. The summed E-state index contributed by atoms with van der Waals surface area (Å²) in [6.45, 7) is 8.78.